The highest BCUT2D eigenvalue weighted by Gasteiger charge is 2.28. The fraction of sp³-hybridized carbons (Fsp3) is 0.462. The van der Waals surface area contributed by atoms with Gasteiger partial charge in [-0.15, -0.1) is 0 Å². The van der Waals surface area contributed by atoms with Crippen molar-refractivity contribution in [2.75, 3.05) is 0 Å². The maximum absolute atomic E-state index is 10.5. The standard InChI is InChI=1S/C13H17NO2/c1-10(2)14-8-12-6-4-3-5-11(12)7-13(14)16-9-15/h3-6,9-10,13H,7-8H2,1-2H3/t13-/m1/s1. The van der Waals surface area contributed by atoms with Crippen molar-refractivity contribution in [2.45, 2.75) is 39.1 Å². The molecule has 0 spiro atoms. The predicted octanol–water partition coefficient (Wildman–Crippen LogP) is 1.95. The van der Waals surface area contributed by atoms with E-state index in [4.69, 9.17) is 4.74 Å². The van der Waals surface area contributed by atoms with E-state index in [0.717, 1.165) is 13.0 Å². The molecule has 16 heavy (non-hydrogen) atoms. The van der Waals surface area contributed by atoms with E-state index in [2.05, 4.69) is 36.9 Å². The van der Waals surface area contributed by atoms with Gasteiger partial charge in [-0.2, -0.15) is 0 Å². The molecule has 0 amide bonds. The molecular formula is C13H17NO2. The number of rotatable bonds is 3. The van der Waals surface area contributed by atoms with Crippen LogP contribution in [0.25, 0.3) is 0 Å². The third-order valence-electron chi connectivity index (χ3n) is 3.11. The first kappa shape index (κ1) is 11.1. The topological polar surface area (TPSA) is 29.5 Å². The number of benzene rings is 1. The van der Waals surface area contributed by atoms with E-state index in [0.29, 0.717) is 12.5 Å². The van der Waals surface area contributed by atoms with E-state index in [-0.39, 0.29) is 6.23 Å². The minimum Gasteiger partial charge on any atom is -0.448 e. The minimum atomic E-state index is -0.118. The number of carbonyl (C=O) groups excluding carboxylic acids is 1. The third kappa shape index (κ3) is 2.09. The largest absolute Gasteiger partial charge is 0.448 e. The highest BCUT2D eigenvalue weighted by molar-refractivity contribution is 5.38. The van der Waals surface area contributed by atoms with Gasteiger partial charge < -0.3 is 4.74 Å². The van der Waals surface area contributed by atoms with Crippen molar-refractivity contribution in [1.82, 2.24) is 4.90 Å². The molecule has 86 valence electrons. The Labute approximate surface area is 96.0 Å². The van der Waals surface area contributed by atoms with Crippen LogP contribution in [0.15, 0.2) is 24.3 Å². The Morgan fingerprint density at radius 3 is 2.69 bits per heavy atom. The SMILES string of the molecule is CC(C)N1Cc2ccccc2C[C@H]1OC=O. The van der Waals surface area contributed by atoms with Gasteiger partial charge in [-0.05, 0) is 25.0 Å². The van der Waals surface area contributed by atoms with Gasteiger partial charge in [0.05, 0.1) is 0 Å². The summed E-state index contributed by atoms with van der Waals surface area (Å²) in [6, 6.07) is 8.70. The zero-order valence-corrected chi connectivity index (χ0v) is 9.72. The number of nitrogens with zero attached hydrogens (tertiary/aromatic N) is 1. The molecule has 0 saturated heterocycles. The van der Waals surface area contributed by atoms with Crippen LogP contribution in [0.3, 0.4) is 0 Å². The summed E-state index contributed by atoms with van der Waals surface area (Å²) < 4.78 is 5.16. The second-order valence-electron chi connectivity index (χ2n) is 4.43. The summed E-state index contributed by atoms with van der Waals surface area (Å²) in [5.41, 5.74) is 2.62. The lowest BCUT2D eigenvalue weighted by Gasteiger charge is -2.37. The van der Waals surface area contributed by atoms with E-state index < -0.39 is 0 Å². The summed E-state index contributed by atoms with van der Waals surface area (Å²) in [6.07, 6.45) is 0.667. The fourth-order valence-electron chi connectivity index (χ4n) is 2.22. The van der Waals surface area contributed by atoms with Gasteiger partial charge in [-0.25, -0.2) is 0 Å². The van der Waals surface area contributed by atoms with Crippen molar-refractivity contribution in [3.8, 4) is 0 Å². The number of carbonyl (C=O) groups is 1. The minimum absolute atomic E-state index is 0.118. The monoisotopic (exact) mass is 219 g/mol. The van der Waals surface area contributed by atoms with Crippen LogP contribution in [0.4, 0.5) is 0 Å². The zero-order chi connectivity index (χ0) is 11.5. The van der Waals surface area contributed by atoms with Crippen LogP contribution in [0.1, 0.15) is 25.0 Å². The summed E-state index contributed by atoms with van der Waals surface area (Å²) in [4.78, 5) is 12.7. The van der Waals surface area contributed by atoms with E-state index in [9.17, 15) is 4.79 Å². The van der Waals surface area contributed by atoms with Gasteiger partial charge in [0.1, 0.15) is 0 Å². The van der Waals surface area contributed by atoms with Gasteiger partial charge in [-0.3, -0.25) is 9.69 Å². The lowest BCUT2D eigenvalue weighted by molar-refractivity contribution is -0.147. The van der Waals surface area contributed by atoms with Crippen LogP contribution in [0.5, 0.6) is 0 Å². The molecular weight excluding hydrogens is 202 g/mol. The van der Waals surface area contributed by atoms with E-state index in [1.807, 2.05) is 6.07 Å². The van der Waals surface area contributed by atoms with Gasteiger partial charge >= 0.3 is 0 Å². The molecule has 1 aromatic carbocycles. The smallest absolute Gasteiger partial charge is 0.294 e. The lowest BCUT2D eigenvalue weighted by atomic mass is 9.97. The van der Waals surface area contributed by atoms with Gasteiger partial charge in [0.15, 0.2) is 6.23 Å². The Balaban J connectivity index is 2.25. The average molecular weight is 219 g/mol. The predicted molar refractivity (Wildman–Crippen MR) is 61.8 cm³/mol. The highest BCUT2D eigenvalue weighted by Crippen LogP contribution is 2.25. The van der Waals surface area contributed by atoms with Crippen molar-refractivity contribution in [3.05, 3.63) is 35.4 Å². The molecule has 0 saturated carbocycles. The Morgan fingerprint density at radius 2 is 2.06 bits per heavy atom. The van der Waals surface area contributed by atoms with Gasteiger partial charge in [0.2, 0.25) is 0 Å². The third-order valence-corrected chi connectivity index (χ3v) is 3.11. The van der Waals surface area contributed by atoms with Crippen LogP contribution in [0, 0.1) is 0 Å². The van der Waals surface area contributed by atoms with E-state index >= 15 is 0 Å². The Morgan fingerprint density at radius 1 is 1.38 bits per heavy atom. The Kier molecular flexibility index (Phi) is 3.25. The fourth-order valence-corrected chi connectivity index (χ4v) is 2.22. The van der Waals surface area contributed by atoms with Crippen LogP contribution < -0.4 is 0 Å². The molecule has 1 aliphatic heterocycles. The van der Waals surface area contributed by atoms with Crippen molar-refractivity contribution in [2.24, 2.45) is 0 Å². The molecule has 3 heteroatoms. The highest BCUT2D eigenvalue weighted by atomic mass is 16.5. The van der Waals surface area contributed by atoms with Gasteiger partial charge in [-0.1, -0.05) is 24.3 Å². The van der Waals surface area contributed by atoms with Crippen LogP contribution in [-0.4, -0.2) is 23.6 Å². The molecule has 1 atom stereocenters. The van der Waals surface area contributed by atoms with E-state index in [1.165, 1.54) is 11.1 Å². The average Bonchev–Trinajstić information content (AvgIpc) is 2.28. The summed E-state index contributed by atoms with van der Waals surface area (Å²) in [6.45, 7) is 5.64. The van der Waals surface area contributed by atoms with Crippen LogP contribution in [-0.2, 0) is 22.5 Å². The maximum atomic E-state index is 10.5. The molecule has 0 fully saturated rings. The molecule has 2 rings (SSSR count). The molecule has 0 aliphatic carbocycles. The quantitative estimate of drug-likeness (QED) is 0.728. The van der Waals surface area contributed by atoms with Crippen LogP contribution >= 0.6 is 0 Å². The number of fused-ring (bicyclic) bond motifs is 1. The normalized spacial score (nSPS) is 20.6. The van der Waals surface area contributed by atoms with Crippen molar-refractivity contribution in [1.29, 1.82) is 0 Å². The van der Waals surface area contributed by atoms with Gasteiger partial charge in [0, 0.05) is 19.0 Å². The maximum Gasteiger partial charge on any atom is 0.294 e. The first-order chi connectivity index (χ1) is 7.72. The first-order valence-electron chi connectivity index (χ1n) is 5.64. The van der Waals surface area contributed by atoms with E-state index in [1.54, 1.807) is 0 Å². The summed E-state index contributed by atoms with van der Waals surface area (Å²) in [5.74, 6) is 0. The molecule has 0 bridgehead atoms. The van der Waals surface area contributed by atoms with Crippen molar-refractivity contribution < 1.29 is 9.53 Å². The Hall–Kier alpha value is -1.35. The summed E-state index contributed by atoms with van der Waals surface area (Å²) >= 11 is 0. The van der Waals surface area contributed by atoms with Crippen LogP contribution in [0.2, 0.25) is 0 Å². The molecule has 1 aromatic rings. The number of ether oxygens (including phenoxy) is 1. The molecule has 3 nitrogen and oxygen atoms in total. The second kappa shape index (κ2) is 4.66. The molecule has 0 unspecified atom stereocenters. The molecule has 0 aromatic heterocycles. The number of hydrogen-bond acceptors (Lipinski definition) is 3. The second-order valence-corrected chi connectivity index (χ2v) is 4.43. The van der Waals surface area contributed by atoms with Crippen molar-refractivity contribution >= 4 is 6.47 Å². The summed E-state index contributed by atoms with van der Waals surface area (Å²) in [5, 5.41) is 0. The number of hydrogen-bond donors (Lipinski definition) is 0. The Bertz CT molecular complexity index is 376. The molecule has 0 radical (unpaired) electrons. The molecule has 1 aliphatic rings. The summed E-state index contributed by atoms with van der Waals surface area (Å²) in [7, 11) is 0. The first-order valence-corrected chi connectivity index (χ1v) is 5.64. The molecule has 0 N–H and O–H groups in total. The molecule has 1 heterocycles. The lowest BCUT2D eigenvalue weighted by Crippen LogP contribution is -2.45. The zero-order valence-electron chi connectivity index (χ0n) is 9.72. The van der Waals surface area contributed by atoms with Crippen molar-refractivity contribution in [3.63, 3.8) is 0 Å². The van der Waals surface area contributed by atoms with Gasteiger partial charge in [0.25, 0.3) is 6.47 Å².